The van der Waals surface area contributed by atoms with Gasteiger partial charge in [-0.05, 0) is 19.3 Å². The third-order valence-electron chi connectivity index (χ3n) is 3.22. The molecule has 0 saturated heterocycles. The molecule has 3 nitrogen and oxygen atoms in total. The highest BCUT2D eigenvalue weighted by Gasteiger charge is 2.18. The van der Waals surface area contributed by atoms with Crippen LogP contribution in [-0.2, 0) is 4.74 Å². The van der Waals surface area contributed by atoms with Crippen LogP contribution in [0.1, 0.15) is 45.4 Å². The van der Waals surface area contributed by atoms with Gasteiger partial charge < -0.3 is 14.9 Å². The van der Waals surface area contributed by atoms with Gasteiger partial charge in [0.1, 0.15) is 6.10 Å². The molecule has 1 atom stereocenters. The predicted molar refractivity (Wildman–Crippen MR) is 59.7 cm³/mol. The van der Waals surface area contributed by atoms with Gasteiger partial charge in [0.2, 0.25) is 0 Å². The largest absolute Gasteiger partial charge is 0.394 e. The van der Waals surface area contributed by atoms with Gasteiger partial charge in [-0.15, -0.1) is 0 Å². The van der Waals surface area contributed by atoms with Crippen molar-refractivity contribution in [2.75, 3.05) is 13.2 Å². The number of aliphatic hydroxyl groups excluding tert-OH is 2. The highest BCUT2D eigenvalue weighted by molar-refractivity contribution is 4.69. The molecule has 2 N–H and O–H groups in total. The maximum atomic E-state index is 8.90. The van der Waals surface area contributed by atoms with Crippen LogP contribution in [0.25, 0.3) is 0 Å². The summed E-state index contributed by atoms with van der Waals surface area (Å²) in [7, 11) is 0. The Balaban J connectivity index is 2.18. The first-order valence-corrected chi connectivity index (χ1v) is 6.13. The molecule has 1 fully saturated rings. The first-order valence-electron chi connectivity index (χ1n) is 6.13. The molecule has 0 amide bonds. The third-order valence-corrected chi connectivity index (χ3v) is 3.22. The molecule has 3 heteroatoms. The van der Waals surface area contributed by atoms with Crippen molar-refractivity contribution in [3.05, 3.63) is 0 Å². The molecule has 0 aromatic carbocycles. The molecule has 15 heavy (non-hydrogen) atoms. The molecule has 0 radical (unpaired) electrons. The van der Waals surface area contributed by atoms with Crippen LogP contribution in [0, 0.1) is 5.92 Å². The smallest absolute Gasteiger partial charge is 0.104 e. The van der Waals surface area contributed by atoms with Crippen LogP contribution in [0.5, 0.6) is 0 Å². The zero-order chi connectivity index (χ0) is 11.1. The predicted octanol–water partition coefficient (Wildman–Crippen LogP) is 1.72. The lowest BCUT2D eigenvalue weighted by atomic mass is 9.85. The van der Waals surface area contributed by atoms with Gasteiger partial charge >= 0.3 is 0 Å². The van der Waals surface area contributed by atoms with Gasteiger partial charge in [0.05, 0.1) is 19.3 Å². The lowest BCUT2D eigenvalue weighted by molar-refractivity contribution is -0.0645. The van der Waals surface area contributed by atoms with E-state index in [1.54, 1.807) is 0 Å². The maximum absolute atomic E-state index is 8.90. The molecule has 0 heterocycles. The second kappa shape index (κ2) is 7.20. The number of aliphatic hydroxyl groups is 2. The Morgan fingerprint density at radius 2 is 1.73 bits per heavy atom. The van der Waals surface area contributed by atoms with E-state index in [9.17, 15) is 0 Å². The molecule has 1 aliphatic rings. The standard InChI is InChI=1S/C12H24O3/c1-10(15-12(8-13)9-14)7-11-5-3-2-4-6-11/h10-14H,2-9H2,1H3. The average Bonchev–Trinajstić information content (AvgIpc) is 2.27. The van der Waals surface area contributed by atoms with Crippen molar-refractivity contribution in [2.45, 2.75) is 57.7 Å². The molecule has 1 aliphatic carbocycles. The molecule has 0 aromatic heterocycles. The molecular weight excluding hydrogens is 192 g/mol. The van der Waals surface area contributed by atoms with Crippen LogP contribution in [0.3, 0.4) is 0 Å². The van der Waals surface area contributed by atoms with E-state index in [4.69, 9.17) is 14.9 Å². The van der Waals surface area contributed by atoms with Crippen LogP contribution in [0.15, 0.2) is 0 Å². The second-order valence-electron chi connectivity index (χ2n) is 4.67. The Morgan fingerprint density at radius 3 is 2.27 bits per heavy atom. The van der Waals surface area contributed by atoms with E-state index < -0.39 is 6.10 Å². The molecule has 0 aromatic rings. The highest BCUT2D eigenvalue weighted by atomic mass is 16.5. The first kappa shape index (κ1) is 12.9. The van der Waals surface area contributed by atoms with E-state index in [-0.39, 0.29) is 19.3 Å². The second-order valence-corrected chi connectivity index (χ2v) is 4.67. The van der Waals surface area contributed by atoms with E-state index in [1.807, 2.05) is 6.92 Å². The summed E-state index contributed by atoms with van der Waals surface area (Å²) < 4.78 is 5.55. The van der Waals surface area contributed by atoms with E-state index in [0.717, 1.165) is 12.3 Å². The minimum atomic E-state index is -0.399. The number of hydrogen-bond donors (Lipinski definition) is 2. The van der Waals surface area contributed by atoms with Crippen LogP contribution in [0.4, 0.5) is 0 Å². The molecular formula is C12H24O3. The SMILES string of the molecule is CC(CC1CCCCC1)OC(CO)CO. The normalized spacial score (nSPS) is 20.8. The summed E-state index contributed by atoms with van der Waals surface area (Å²) in [4.78, 5) is 0. The monoisotopic (exact) mass is 216 g/mol. The van der Waals surface area contributed by atoms with Gasteiger partial charge in [-0.1, -0.05) is 32.1 Å². The molecule has 0 bridgehead atoms. The van der Waals surface area contributed by atoms with Crippen molar-refractivity contribution in [1.29, 1.82) is 0 Å². The van der Waals surface area contributed by atoms with E-state index in [2.05, 4.69) is 0 Å². The zero-order valence-corrected chi connectivity index (χ0v) is 9.69. The summed E-state index contributed by atoms with van der Waals surface area (Å²) in [5.74, 6) is 0.784. The lowest BCUT2D eigenvalue weighted by Crippen LogP contribution is -2.28. The van der Waals surface area contributed by atoms with Gasteiger partial charge in [-0.2, -0.15) is 0 Å². The highest BCUT2D eigenvalue weighted by Crippen LogP contribution is 2.28. The molecule has 90 valence electrons. The van der Waals surface area contributed by atoms with Crippen LogP contribution in [0.2, 0.25) is 0 Å². The Labute approximate surface area is 92.4 Å². The quantitative estimate of drug-likeness (QED) is 0.710. The third kappa shape index (κ3) is 4.96. The summed E-state index contributed by atoms with van der Waals surface area (Å²) in [5.41, 5.74) is 0. The summed E-state index contributed by atoms with van der Waals surface area (Å²) >= 11 is 0. The lowest BCUT2D eigenvalue weighted by Gasteiger charge is -2.26. The zero-order valence-electron chi connectivity index (χ0n) is 9.69. The molecule has 0 spiro atoms. The van der Waals surface area contributed by atoms with Gasteiger partial charge in [0.15, 0.2) is 0 Å². The van der Waals surface area contributed by atoms with Gasteiger partial charge in [-0.25, -0.2) is 0 Å². The fourth-order valence-corrected chi connectivity index (χ4v) is 2.42. The molecule has 1 unspecified atom stereocenters. The van der Waals surface area contributed by atoms with E-state index in [0.29, 0.717) is 0 Å². The van der Waals surface area contributed by atoms with Crippen molar-refractivity contribution in [3.63, 3.8) is 0 Å². The summed E-state index contributed by atoms with van der Waals surface area (Å²) in [5, 5.41) is 17.8. The Morgan fingerprint density at radius 1 is 1.13 bits per heavy atom. The first-order chi connectivity index (χ1) is 7.26. The molecule has 1 saturated carbocycles. The fraction of sp³-hybridized carbons (Fsp3) is 1.00. The molecule has 0 aliphatic heterocycles. The van der Waals surface area contributed by atoms with Gasteiger partial charge in [-0.3, -0.25) is 0 Å². The Kier molecular flexibility index (Phi) is 6.22. The summed E-state index contributed by atoms with van der Waals surface area (Å²) in [6.45, 7) is 1.85. The van der Waals surface area contributed by atoms with Gasteiger partial charge in [0.25, 0.3) is 0 Å². The number of ether oxygens (including phenoxy) is 1. The number of hydrogen-bond acceptors (Lipinski definition) is 3. The van der Waals surface area contributed by atoms with E-state index in [1.165, 1.54) is 32.1 Å². The van der Waals surface area contributed by atoms with E-state index >= 15 is 0 Å². The van der Waals surface area contributed by atoms with Crippen molar-refractivity contribution in [1.82, 2.24) is 0 Å². The maximum Gasteiger partial charge on any atom is 0.104 e. The van der Waals surface area contributed by atoms with Crippen LogP contribution in [-0.4, -0.2) is 35.6 Å². The Bertz CT molecular complexity index is 151. The van der Waals surface area contributed by atoms with Crippen molar-refractivity contribution in [3.8, 4) is 0 Å². The summed E-state index contributed by atoms with van der Waals surface area (Å²) in [6, 6.07) is 0. The molecule has 1 rings (SSSR count). The fourth-order valence-electron chi connectivity index (χ4n) is 2.42. The topological polar surface area (TPSA) is 49.7 Å². The van der Waals surface area contributed by atoms with Crippen molar-refractivity contribution >= 4 is 0 Å². The van der Waals surface area contributed by atoms with Crippen molar-refractivity contribution in [2.24, 2.45) is 5.92 Å². The average molecular weight is 216 g/mol. The van der Waals surface area contributed by atoms with Gasteiger partial charge in [0, 0.05) is 0 Å². The Hall–Kier alpha value is -0.120. The summed E-state index contributed by atoms with van der Waals surface area (Å²) in [6.07, 6.45) is 7.52. The number of rotatable bonds is 6. The van der Waals surface area contributed by atoms with Crippen LogP contribution < -0.4 is 0 Å². The van der Waals surface area contributed by atoms with Crippen LogP contribution >= 0.6 is 0 Å². The minimum absolute atomic E-state index is 0.0918. The minimum Gasteiger partial charge on any atom is -0.394 e. The van der Waals surface area contributed by atoms with Crippen molar-refractivity contribution < 1.29 is 14.9 Å².